The van der Waals surface area contributed by atoms with Gasteiger partial charge in [0.1, 0.15) is 5.75 Å². The molecule has 3 aromatic carbocycles. The lowest BCUT2D eigenvalue weighted by molar-refractivity contribution is 0.0735. The molecule has 0 spiro atoms. The van der Waals surface area contributed by atoms with Crippen molar-refractivity contribution in [1.29, 1.82) is 0 Å². The zero-order valence-electron chi connectivity index (χ0n) is 17.2. The number of aliphatic imine (C=N–C) groups is 1. The van der Waals surface area contributed by atoms with Crippen molar-refractivity contribution in [3.05, 3.63) is 112 Å². The lowest BCUT2D eigenvalue weighted by Crippen LogP contribution is -2.19. The van der Waals surface area contributed by atoms with E-state index in [9.17, 15) is 9.59 Å². The summed E-state index contributed by atoms with van der Waals surface area (Å²) in [4.78, 5) is 29.5. The molecule has 0 aliphatic heterocycles. The molecule has 0 atom stereocenters. The van der Waals surface area contributed by atoms with E-state index in [1.165, 1.54) is 0 Å². The van der Waals surface area contributed by atoms with E-state index >= 15 is 0 Å². The standard InChI is InChI=1S/C25H21N3O3/c1-18-23(24(29)28(27(18)2)21-11-7-4-8-12-21)26-17-19-13-15-22(16-14-19)31-25(30)20-9-5-3-6-10-20/h3-17H,1-2H3. The van der Waals surface area contributed by atoms with Crippen molar-refractivity contribution >= 4 is 17.9 Å². The SMILES string of the molecule is Cc1c(N=Cc2ccc(OC(=O)c3ccccc3)cc2)c(=O)n(-c2ccccc2)n1C. The predicted octanol–water partition coefficient (Wildman–Crippen LogP) is 4.45. The minimum absolute atomic E-state index is 0.184. The molecular formula is C25H21N3O3. The van der Waals surface area contributed by atoms with Crippen LogP contribution in [0.3, 0.4) is 0 Å². The number of rotatable bonds is 5. The smallest absolute Gasteiger partial charge is 0.343 e. The van der Waals surface area contributed by atoms with Gasteiger partial charge in [0, 0.05) is 13.3 Å². The first-order valence-corrected chi connectivity index (χ1v) is 9.80. The highest BCUT2D eigenvalue weighted by Gasteiger charge is 2.15. The maximum absolute atomic E-state index is 12.9. The maximum atomic E-state index is 12.9. The topological polar surface area (TPSA) is 65.6 Å². The largest absolute Gasteiger partial charge is 0.423 e. The highest BCUT2D eigenvalue weighted by molar-refractivity contribution is 5.91. The Kier molecular flexibility index (Phi) is 5.62. The number of aromatic nitrogens is 2. The number of benzene rings is 3. The molecule has 6 nitrogen and oxygen atoms in total. The van der Waals surface area contributed by atoms with Gasteiger partial charge in [0.15, 0.2) is 5.69 Å². The average molecular weight is 411 g/mol. The molecule has 0 aliphatic rings. The van der Waals surface area contributed by atoms with Crippen molar-refractivity contribution < 1.29 is 9.53 Å². The molecule has 0 fully saturated rings. The summed E-state index contributed by atoms with van der Waals surface area (Å²) in [7, 11) is 1.83. The van der Waals surface area contributed by atoms with Crippen molar-refractivity contribution in [2.24, 2.45) is 12.0 Å². The van der Waals surface area contributed by atoms with Crippen LogP contribution in [0.5, 0.6) is 5.75 Å². The summed E-state index contributed by atoms with van der Waals surface area (Å²) in [6.45, 7) is 1.86. The fourth-order valence-electron chi connectivity index (χ4n) is 3.20. The molecule has 154 valence electrons. The molecule has 31 heavy (non-hydrogen) atoms. The Bertz CT molecular complexity index is 1290. The molecule has 0 bridgehead atoms. The minimum atomic E-state index is -0.414. The lowest BCUT2D eigenvalue weighted by Gasteiger charge is -2.07. The fraction of sp³-hybridized carbons (Fsp3) is 0.0800. The number of ether oxygens (including phenoxy) is 1. The quantitative estimate of drug-likeness (QED) is 0.277. The van der Waals surface area contributed by atoms with Crippen LogP contribution in [0.4, 0.5) is 5.69 Å². The van der Waals surface area contributed by atoms with Gasteiger partial charge >= 0.3 is 5.97 Å². The molecule has 0 radical (unpaired) electrons. The van der Waals surface area contributed by atoms with Crippen LogP contribution < -0.4 is 10.3 Å². The summed E-state index contributed by atoms with van der Waals surface area (Å²) in [5.74, 6) is 0.0247. The highest BCUT2D eigenvalue weighted by Crippen LogP contribution is 2.18. The minimum Gasteiger partial charge on any atom is -0.423 e. The third-order valence-electron chi connectivity index (χ3n) is 4.97. The molecule has 0 saturated heterocycles. The second-order valence-electron chi connectivity index (χ2n) is 6.99. The van der Waals surface area contributed by atoms with Gasteiger partial charge in [-0.05, 0) is 61.0 Å². The van der Waals surface area contributed by atoms with Crippen molar-refractivity contribution in [1.82, 2.24) is 9.36 Å². The normalized spacial score (nSPS) is 11.0. The molecule has 4 aromatic rings. The number of para-hydroxylation sites is 1. The van der Waals surface area contributed by atoms with Crippen LogP contribution >= 0.6 is 0 Å². The molecule has 0 aliphatic carbocycles. The summed E-state index contributed by atoms with van der Waals surface area (Å²) < 4.78 is 8.76. The van der Waals surface area contributed by atoms with Gasteiger partial charge in [-0.1, -0.05) is 36.4 Å². The van der Waals surface area contributed by atoms with Crippen LogP contribution in [0.1, 0.15) is 21.6 Å². The monoisotopic (exact) mass is 411 g/mol. The first-order valence-electron chi connectivity index (χ1n) is 9.80. The number of nitrogens with zero attached hydrogens (tertiary/aromatic N) is 3. The molecule has 4 rings (SSSR count). The third-order valence-corrected chi connectivity index (χ3v) is 4.97. The van der Waals surface area contributed by atoms with Crippen LogP contribution in [-0.2, 0) is 7.05 Å². The number of hydrogen-bond acceptors (Lipinski definition) is 4. The summed E-state index contributed by atoms with van der Waals surface area (Å²) >= 11 is 0. The summed E-state index contributed by atoms with van der Waals surface area (Å²) in [6.07, 6.45) is 1.63. The summed E-state index contributed by atoms with van der Waals surface area (Å²) in [6, 6.07) is 25.2. The van der Waals surface area contributed by atoms with Crippen LogP contribution in [0.25, 0.3) is 5.69 Å². The highest BCUT2D eigenvalue weighted by atomic mass is 16.5. The Morgan fingerprint density at radius 3 is 2.16 bits per heavy atom. The second kappa shape index (κ2) is 8.67. The Labute approximate surface area is 179 Å². The van der Waals surface area contributed by atoms with E-state index in [0.717, 1.165) is 16.9 Å². The van der Waals surface area contributed by atoms with Gasteiger partial charge in [-0.2, -0.15) is 0 Å². The fourth-order valence-corrected chi connectivity index (χ4v) is 3.20. The van der Waals surface area contributed by atoms with E-state index in [1.54, 1.807) is 64.1 Å². The Balaban J connectivity index is 1.53. The van der Waals surface area contributed by atoms with Gasteiger partial charge in [0.05, 0.1) is 16.9 Å². The average Bonchev–Trinajstić information content (AvgIpc) is 3.02. The number of hydrogen-bond donors (Lipinski definition) is 0. The Morgan fingerprint density at radius 1 is 0.903 bits per heavy atom. The molecule has 6 heteroatoms. The molecular weight excluding hydrogens is 390 g/mol. The molecule has 0 saturated carbocycles. The first kappa shape index (κ1) is 20.1. The first-order chi connectivity index (χ1) is 15.0. The number of carbonyl (C=O) groups excluding carboxylic acids is 1. The maximum Gasteiger partial charge on any atom is 0.343 e. The van der Waals surface area contributed by atoms with E-state index < -0.39 is 5.97 Å². The molecule has 1 heterocycles. The number of carbonyl (C=O) groups is 1. The molecule has 0 N–H and O–H groups in total. The van der Waals surface area contributed by atoms with Crippen LogP contribution in [0.15, 0.2) is 94.7 Å². The second-order valence-corrected chi connectivity index (χ2v) is 6.99. The van der Waals surface area contributed by atoms with Gasteiger partial charge in [-0.25, -0.2) is 14.5 Å². The van der Waals surface area contributed by atoms with Crippen molar-refractivity contribution in [3.8, 4) is 11.4 Å². The van der Waals surface area contributed by atoms with Crippen LogP contribution in [0, 0.1) is 6.92 Å². The summed E-state index contributed by atoms with van der Waals surface area (Å²) in [5, 5.41) is 0. The van der Waals surface area contributed by atoms with Gasteiger partial charge in [-0.15, -0.1) is 0 Å². The van der Waals surface area contributed by atoms with Gasteiger partial charge in [0.2, 0.25) is 0 Å². The molecule has 0 unspecified atom stereocenters. The van der Waals surface area contributed by atoms with Gasteiger partial charge in [-0.3, -0.25) is 9.48 Å². The number of esters is 1. The van der Waals surface area contributed by atoms with E-state index in [2.05, 4.69) is 4.99 Å². The van der Waals surface area contributed by atoms with Crippen molar-refractivity contribution in [2.75, 3.05) is 0 Å². The third kappa shape index (κ3) is 4.23. The van der Waals surface area contributed by atoms with Crippen LogP contribution in [0.2, 0.25) is 0 Å². The van der Waals surface area contributed by atoms with Crippen LogP contribution in [-0.4, -0.2) is 21.5 Å². The Morgan fingerprint density at radius 2 is 1.52 bits per heavy atom. The van der Waals surface area contributed by atoms with Crippen molar-refractivity contribution in [2.45, 2.75) is 6.92 Å². The van der Waals surface area contributed by atoms with E-state index in [4.69, 9.17) is 4.74 Å². The van der Waals surface area contributed by atoms with E-state index in [-0.39, 0.29) is 5.56 Å². The molecule has 0 amide bonds. The van der Waals surface area contributed by atoms with Gasteiger partial charge in [0.25, 0.3) is 5.56 Å². The van der Waals surface area contributed by atoms with Gasteiger partial charge < -0.3 is 4.74 Å². The predicted molar refractivity (Wildman–Crippen MR) is 121 cm³/mol. The Hall–Kier alpha value is -4.19. The van der Waals surface area contributed by atoms with E-state index in [1.807, 2.05) is 50.4 Å². The lowest BCUT2D eigenvalue weighted by atomic mass is 10.2. The van der Waals surface area contributed by atoms with Crippen molar-refractivity contribution in [3.63, 3.8) is 0 Å². The molecule has 1 aromatic heterocycles. The summed E-state index contributed by atoms with van der Waals surface area (Å²) in [5.41, 5.74) is 3.01. The zero-order valence-corrected chi connectivity index (χ0v) is 17.2. The zero-order chi connectivity index (χ0) is 21.8. The van der Waals surface area contributed by atoms with E-state index in [0.29, 0.717) is 17.0 Å².